The number of Topliss-reactive ketones (excluding diaryl/α,β-unsaturated/α-hetero) is 1. The second-order valence-corrected chi connectivity index (χ2v) is 9.47. The number of pyridine rings is 2. The number of hydrogen-bond acceptors (Lipinski definition) is 5. The van der Waals surface area contributed by atoms with Gasteiger partial charge >= 0.3 is 0 Å². The van der Waals surface area contributed by atoms with E-state index in [0.717, 1.165) is 52.8 Å². The van der Waals surface area contributed by atoms with E-state index in [9.17, 15) is 13.6 Å². The van der Waals surface area contributed by atoms with E-state index in [1.165, 1.54) is 24.3 Å². The van der Waals surface area contributed by atoms with Crippen LogP contribution in [0, 0.1) is 11.6 Å². The standard InChI is InChI=1S/C30H25F2N5O/c31-23-5-1-20(2-6-23)27-26-19-37(18-17-36-15-11-25(38)12-16-36)35-30(26)34-29(22-3-7-24(32)8-4-22)28(27)21-9-13-33-14-10-21/h1-10,13-14,19H,11-12,15-18H2. The molecule has 1 aliphatic heterocycles. The third kappa shape index (κ3) is 4.82. The maximum absolute atomic E-state index is 13.9. The van der Waals surface area contributed by atoms with Gasteiger partial charge in [0.25, 0.3) is 0 Å². The van der Waals surface area contributed by atoms with E-state index in [1.54, 1.807) is 36.7 Å². The lowest BCUT2D eigenvalue weighted by atomic mass is 9.90. The number of aromatic nitrogens is 4. The molecule has 38 heavy (non-hydrogen) atoms. The highest BCUT2D eigenvalue weighted by atomic mass is 19.1. The van der Waals surface area contributed by atoms with Crippen molar-refractivity contribution in [2.45, 2.75) is 19.4 Å². The van der Waals surface area contributed by atoms with E-state index < -0.39 is 0 Å². The van der Waals surface area contributed by atoms with Gasteiger partial charge in [0.1, 0.15) is 17.4 Å². The summed E-state index contributed by atoms with van der Waals surface area (Å²) in [6.45, 7) is 2.94. The van der Waals surface area contributed by atoms with E-state index >= 15 is 0 Å². The molecule has 0 amide bonds. The van der Waals surface area contributed by atoms with Crippen LogP contribution in [0.1, 0.15) is 12.8 Å². The Hall–Kier alpha value is -4.30. The molecule has 1 fully saturated rings. The van der Waals surface area contributed by atoms with Crippen molar-refractivity contribution in [1.29, 1.82) is 0 Å². The number of likely N-dealkylation sites (tertiary alicyclic amines) is 1. The fourth-order valence-corrected chi connectivity index (χ4v) is 5.00. The molecule has 6 rings (SSSR count). The molecule has 0 bridgehead atoms. The number of fused-ring (bicyclic) bond motifs is 1. The van der Waals surface area contributed by atoms with Crippen LogP contribution in [0.25, 0.3) is 44.5 Å². The SMILES string of the molecule is O=C1CCN(CCn2cc3c(-c4ccc(F)cc4)c(-c4ccncc4)c(-c4ccc(F)cc4)nc3n2)CC1. The molecule has 8 heteroatoms. The van der Waals surface area contributed by atoms with Gasteiger partial charge in [-0.05, 0) is 59.7 Å². The van der Waals surface area contributed by atoms with Crippen molar-refractivity contribution < 1.29 is 13.6 Å². The Morgan fingerprint density at radius 2 is 1.34 bits per heavy atom. The number of hydrogen-bond donors (Lipinski definition) is 0. The van der Waals surface area contributed by atoms with E-state index in [2.05, 4.69) is 9.88 Å². The van der Waals surface area contributed by atoms with Crippen molar-refractivity contribution in [3.63, 3.8) is 0 Å². The maximum atomic E-state index is 13.9. The van der Waals surface area contributed by atoms with Crippen LogP contribution in [-0.2, 0) is 11.3 Å². The molecule has 0 atom stereocenters. The molecule has 1 aliphatic rings. The van der Waals surface area contributed by atoms with Crippen LogP contribution in [0.15, 0.2) is 79.3 Å². The lowest BCUT2D eigenvalue weighted by Gasteiger charge is -2.25. The highest BCUT2D eigenvalue weighted by Crippen LogP contribution is 2.42. The third-order valence-electron chi connectivity index (χ3n) is 6.99. The maximum Gasteiger partial charge on any atom is 0.182 e. The first kappa shape index (κ1) is 24.1. The Balaban J connectivity index is 1.53. The summed E-state index contributed by atoms with van der Waals surface area (Å²) in [6, 6.07) is 16.4. The number of piperidine rings is 1. The first-order valence-corrected chi connectivity index (χ1v) is 12.6. The number of nitrogens with zero attached hydrogens (tertiary/aromatic N) is 5. The third-order valence-corrected chi connectivity index (χ3v) is 6.99. The van der Waals surface area contributed by atoms with E-state index in [-0.39, 0.29) is 11.6 Å². The van der Waals surface area contributed by atoms with Crippen molar-refractivity contribution in [3.8, 4) is 33.5 Å². The number of ketones is 1. The predicted octanol–water partition coefficient (Wildman–Crippen LogP) is 5.77. The van der Waals surface area contributed by atoms with Crippen molar-refractivity contribution in [3.05, 3.63) is 90.9 Å². The molecule has 1 saturated heterocycles. The van der Waals surface area contributed by atoms with Gasteiger partial charge in [0, 0.05) is 73.1 Å². The predicted molar refractivity (Wildman–Crippen MR) is 142 cm³/mol. The Morgan fingerprint density at radius 1 is 0.737 bits per heavy atom. The molecule has 0 N–H and O–H groups in total. The largest absolute Gasteiger partial charge is 0.301 e. The molecule has 190 valence electrons. The molecular formula is C30H25F2N5O. The molecule has 0 unspecified atom stereocenters. The first-order chi connectivity index (χ1) is 18.5. The first-order valence-electron chi connectivity index (χ1n) is 12.6. The fraction of sp³-hybridized carbons (Fsp3) is 0.200. The zero-order valence-corrected chi connectivity index (χ0v) is 20.6. The molecule has 2 aromatic carbocycles. The number of benzene rings is 2. The molecule has 3 aromatic heterocycles. The average Bonchev–Trinajstić information content (AvgIpc) is 3.36. The summed E-state index contributed by atoms with van der Waals surface area (Å²) in [5.41, 5.74) is 5.37. The molecular weight excluding hydrogens is 484 g/mol. The number of halogens is 2. The van der Waals surface area contributed by atoms with Gasteiger partial charge in [-0.2, -0.15) is 5.10 Å². The fourth-order valence-electron chi connectivity index (χ4n) is 5.00. The van der Waals surface area contributed by atoms with Crippen LogP contribution < -0.4 is 0 Å². The van der Waals surface area contributed by atoms with Gasteiger partial charge < -0.3 is 4.90 Å². The van der Waals surface area contributed by atoms with Gasteiger partial charge in [0.2, 0.25) is 0 Å². The molecule has 5 aromatic rings. The molecule has 0 spiro atoms. The zero-order valence-electron chi connectivity index (χ0n) is 20.6. The molecule has 0 radical (unpaired) electrons. The number of carbonyl (C=O) groups is 1. The average molecular weight is 510 g/mol. The summed E-state index contributed by atoms with van der Waals surface area (Å²) in [6.07, 6.45) is 6.60. The van der Waals surface area contributed by atoms with E-state index in [0.29, 0.717) is 36.5 Å². The van der Waals surface area contributed by atoms with Crippen molar-refractivity contribution in [1.82, 2.24) is 24.6 Å². The van der Waals surface area contributed by atoms with Crippen LogP contribution in [0.5, 0.6) is 0 Å². The highest BCUT2D eigenvalue weighted by molar-refractivity contribution is 6.05. The minimum absolute atomic E-state index is 0.316. The number of carbonyl (C=O) groups excluding carboxylic acids is 1. The Morgan fingerprint density at radius 3 is 2.00 bits per heavy atom. The quantitative estimate of drug-likeness (QED) is 0.291. The molecule has 0 saturated carbocycles. The Bertz CT molecular complexity index is 1590. The van der Waals surface area contributed by atoms with Crippen LogP contribution >= 0.6 is 0 Å². The Labute approximate surface area is 218 Å². The van der Waals surface area contributed by atoms with Gasteiger partial charge in [0.15, 0.2) is 5.65 Å². The van der Waals surface area contributed by atoms with Crippen LogP contribution in [0.4, 0.5) is 8.78 Å². The van der Waals surface area contributed by atoms with Gasteiger partial charge in [-0.3, -0.25) is 14.5 Å². The zero-order chi connectivity index (χ0) is 26.1. The topological polar surface area (TPSA) is 63.9 Å². The van der Waals surface area contributed by atoms with Gasteiger partial charge in [-0.15, -0.1) is 0 Å². The number of rotatable bonds is 6. The van der Waals surface area contributed by atoms with Crippen molar-refractivity contribution in [2.24, 2.45) is 0 Å². The second kappa shape index (κ2) is 10.2. The van der Waals surface area contributed by atoms with Gasteiger partial charge in [0.05, 0.1) is 12.2 Å². The van der Waals surface area contributed by atoms with Gasteiger partial charge in [-0.1, -0.05) is 12.1 Å². The minimum atomic E-state index is -0.331. The molecule has 0 aliphatic carbocycles. The summed E-state index contributed by atoms with van der Waals surface area (Å²) < 4.78 is 29.6. The van der Waals surface area contributed by atoms with Crippen molar-refractivity contribution >= 4 is 16.8 Å². The molecule has 6 nitrogen and oxygen atoms in total. The summed E-state index contributed by atoms with van der Waals surface area (Å²) >= 11 is 0. The van der Waals surface area contributed by atoms with E-state index in [4.69, 9.17) is 10.1 Å². The highest BCUT2D eigenvalue weighted by Gasteiger charge is 2.22. The molecule has 4 heterocycles. The second-order valence-electron chi connectivity index (χ2n) is 9.47. The lowest BCUT2D eigenvalue weighted by Crippen LogP contribution is -2.36. The smallest absolute Gasteiger partial charge is 0.182 e. The van der Waals surface area contributed by atoms with Crippen LogP contribution in [0.2, 0.25) is 0 Å². The lowest BCUT2D eigenvalue weighted by molar-refractivity contribution is -0.121. The van der Waals surface area contributed by atoms with Crippen LogP contribution in [-0.4, -0.2) is 50.1 Å². The Kier molecular flexibility index (Phi) is 6.47. The summed E-state index contributed by atoms with van der Waals surface area (Å²) in [4.78, 5) is 23.0. The minimum Gasteiger partial charge on any atom is -0.301 e. The monoisotopic (exact) mass is 509 g/mol. The van der Waals surface area contributed by atoms with Crippen molar-refractivity contribution in [2.75, 3.05) is 19.6 Å². The van der Waals surface area contributed by atoms with Gasteiger partial charge in [-0.25, -0.2) is 13.8 Å². The summed E-state index contributed by atoms with van der Waals surface area (Å²) in [5, 5.41) is 5.64. The summed E-state index contributed by atoms with van der Waals surface area (Å²) in [7, 11) is 0. The van der Waals surface area contributed by atoms with Crippen LogP contribution in [0.3, 0.4) is 0 Å². The van der Waals surface area contributed by atoms with E-state index in [1.807, 2.05) is 23.0 Å². The normalized spacial score (nSPS) is 14.3. The summed E-state index contributed by atoms with van der Waals surface area (Å²) in [5.74, 6) is -0.335.